The largest absolute Gasteiger partial charge is 0.313 e. The van der Waals surface area contributed by atoms with Gasteiger partial charge in [0.2, 0.25) is 0 Å². The number of halogens is 2. The Morgan fingerprint density at radius 3 is 1.86 bits per heavy atom. The predicted molar refractivity (Wildman–Crippen MR) is 130 cm³/mol. The van der Waals surface area contributed by atoms with Gasteiger partial charge in [-0.1, -0.05) is 66.7 Å². The van der Waals surface area contributed by atoms with E-state index in [0.717, 1.165) is 15.4 Å². The number of hydrogen-bond donors (Lipinski definition) is 0. The fourth-order valence-electron chi connectivity index (χ4n) is 3.48. The maximum Gasteiger partial charge on any atom is 0.0614 e. The highest BCUT2D eigenvalue weighted by molar-refractivity contribution is 9.13. The van der Waals surface area contributed by atoms with Crippen molar-refractivity contribution in [3.8, 4) is 0 Å². The second-order valence-corrected chi connectivity index (χ2v) is 11.6. The molecule has 0 saturated heterocycles. The van der Waals surface area contributed by atoms with Gasteiger partial charge in [-0.05, 0) is 90.4 Å². The van der Waals surface area contributed by atoms with Crippen molar-refractivity contribution in [2.24, 2.45) is 5.92 Å². The molecule has 0 fully saturated rings. The van der Waals surface area contributed by atoms with Crippen LogP contribution in [0.4, 0.5) is 11.4 Å². The predicted octanol–water partition coefficient (Wildman–Crippen LogP) is 8.87. The summed E-state index contributed by atoms with van der Waals surface area (Å²) in [5.41, 5.74) is 6.70. The number of hydrogen-bond acceptors (Lipinski definition) is 1. The summed E-state index contributed by atoms with van der Waals surface area (Å²) in [5.74, 6) is 0.561. The topological polar surface area (TPSA) is 3.24 Å². The van der Waals surface area contributed by atoms with E-state index in [2.05, 4.69) is 128 Å². The fraction of sp³-hybridized carbons (Fsp3) is 0.440. The van der Waals surface area contributed by atoms with E-state index in [9.17, 15) is 0 Å². The van der Waals surface area contributed by atoms with Crippen LogP contribution in [0.1, 0.15) is 66.0 Å². The summed E-state index contributed by atoms with van der Waals surface area (Å²) < 4.78 is 2.19. The minimum absolute atomic E-state index is 0.0827. The highest BCUT2D eigenvalue weighted by Crippen LogP contribution is 2.46. The Bertz CT molecular complexity index is 896. The number of allylic oxidation sites excluding steroid dienone is 2. The zero-order valence-corrected chi connectivity index (χ0v) is 21.2. The third-order valence-electron chi connectivity index (χ3n) is 5.55. The summed E-state index contributed by atoms with van der Waals surface area (Å²) in [5, 5.41) is 0. The minimum Gasteiger partial charge on any atom is -0.313 e. The fourth-order valence-corrected chi connectivity index (χ4v) is 4.33. The molecule has 0 saturated carbocycles. The van der Waals surface area contributed by atoms with Crippen LogP contribution in [0.15, 0.2) is 57.1 Å². The number of benzene rings is 2. The lowest BCUT2D eigenvalue weighted by atomic mass is 9.85. The lowest BCUT2D eigenvalue weighted by Crippen LogP contribution is -2.27. The first-order valence-corrected chi connectivity index (χ1v) is 11.6. The summed E-state index contributed by atoms with van der Waals surface area (Å²) in [6.45, 7) is 15.9. The van der Waals surface area contributed by atoms with Crippen molar-refractivity contribution in [2.45, 2.75) is 65.7 Å². The van der Waals surface area contributed by atoms with Crippen LogP contribution in [0, 0.1) is 5.92 Å². The van der Waals surface area contributed by atoms with Crippen LogP contribution in [0.25, 0.3) is 0 Å². The average molecular weight is 505 g/mol. The van der Waals surface area contributed by atoms with Gasteiger partial charge in [-0.15, -0.1) is 0 Å². The first-order chi connectivity index (χ1) is 12.9. The van der Waals surface area contributed by atoms with Gasteiger partial charge in [0.25, 0.3) is 0 Å². The van der Waals surface area contributed by atoms with Crippen molar-refractivity contribution in [3.05, 3.63) is 68.2 Å². The van der Waals surface area contributed by atoms with E-state index in [4.69, 9.17) is 0 Å². The molecule has 0 aliphatic heterocycles. The number of anilines is 2. The Kier molecular flexibility index (Phi) is 5.91. The molecule has 0 spiro atoms. The zero-order chi connectivity index (χ0) is 20.9. The first-order valence-electron chi connectivity index (χ1n) is 10.00. The van der Waals surface area contributed by atoms with Crippen LogP contribution >= 0.6 is 31.9 Å². The van der Waals surface area contributed by atoms with Crippen LogP contribution < -0.4 is 4.90 Å². The lowest BCUT2D eigenvalue weighted by molar-refractivity contribution is 0.587. The van der Waals surface area contributed by atoms with Gasteiger partial charge in [0.15, 0.2) is 0 Å². The van der Waals surface area contributed by atoms with Crippen molar-refractivity contribution in [1.82, 2.24) is 0 Å². The maximum atomic E-state index is 3.85. The molecule has 0 amide bonds. The minimum atomic E-state index is 0.0827. The zero-order valence-electron chi connectivity index (χ0n) is 18.0. The van der Waals surface area contributed by atoms with Crippen molar-refractivity contribution in [1.29, 1.82) is 0 Å². The van der Waals surface area contributed by atoms with Crippen molar-refractivity contribution in [3.63, 3.8) is 0 Å². The van der Waals surface area contributed by atoms with Gasteiger partial charge < -0.3 is 4.90 Å². The molecule has 3 heteroatoms. The Morgan fingerprint density at radius 2 is 1.43 bits per heavy atom. The van der Waals surface area contributed by atoms with Crippen molar-refractivity contribution < 1.29 is 0 Å². The molecule has 0 bridgehead atoms. The van der Waals surface area contributed by atoms with Gasteiger partial charge in [-0.3, -0.25) is 0 Å². The monoisotopic (exact) mass is 503 g/mol. The average Bonchev–Trinajstić information content (AvgIpc) is 2.59. The molecule has 3 rings (SSSR count). The van der Waals surface area contributed by atoms with Gasteiger partial charge in [-0.25, -0.2) is 0 Å². The summed E-state index contributed by atoms with van der Waals surface area (Å²) >= 11 is 7.63. The molecule has 2 aromatic carbocycles. The summed E-state index contributed by atoms with van der Waals surface area (Å²) in [7, 11) is 0. The normalized spacial score (nSPS) is 17.2. The smallest absolute Gasteiger partial charge is 0.0614 e. The van der Waals surface area contributed by atoms with E-state index in [0.29, 0.717) is 5.92 Å². The molecule has 0 N–H and O–H groups in total. The molecule has 2 aromatic rings. The molecule has 1 aliphatic carbocycles. The van der Waals surface area contributed by atoms with Crippen LogP contribution in [0.3, 0.4) is 0 Å². The molecule has 28 heavy (non-hydrogen) atoms. The van der Waals surface area contributed by atoms with Gasteiger partial charge in [-0.2, -0.15) is 0 Å². The lowest BCUT2D eigenvalue weighted by Gasteiger charge is -2.37. The number of rotatable bonds is 3. The molecule has 1 atom stereocenters. The molecule has 0 heterocycles. The Labute approximate surface area is 187 Å². The van der Waals surface area contributed by atoms with Gasteiger partial charge in [0, 0.05) is 15.9 Å². The Morgan fingerprint density at radius 1 is 0.857 bits per heavy atom. The van der Waals surface area contributed by atoms with E-state index >= 15 is 0 Å². The maximum absolute atomic E-state index is 3.85. The van der Waals surface area contributed by atoms with Crippen molar-refractivity contribution >= 4 is 43.2 Å². The Balaban J connectivity index is 2.17. The molecule has 0 aromatic heterocycles. The standard InChI is InChI=1S/C25H31Br2N/c1-16-8-13-21(16)28(19-11-9-17(10-12-19)24(2,3)4)22-15-18(25(5,6)7)14-20(26)23(22)27/h9-16H,8H2,1-7H3/t16-/m0/s1. The molecule has 0 unspecified atom stereocenters. The van der Waals surface area contributed by atoms with Gasteiger partial charge >= 0.3 is 0 Å². The van der Waals surface area contributed by atoms with Crippen LogP contribution in [-0.4, -0.2) is 0 Å². The first kappa shape index (κ1) is 21.6. The molecule has 1 aliphatic rings. The van der Waals surface area contributed by atoms with Crippen LogP contribution in [0.2, 0.25) is 0 Å². The van der Waals surface area contributed by atoms with E-state index < -0.39 is 0 Å². The van der Waals surface area contributed by atoms with Crippen LogP contribution in [-0.2, 0) is 10.8 Å². The van der Waals surface area contributed by atoms with Crippen LogP contribution in [0.5, 0.6) is 0 Å². The van der Waals surface area contributed by atoms with Gasteiger partial charge in [0.05, 0.1) is 10.2 Å². The molecule has 150 valence electrons. The summed E-state index contributed by atoms with van der Waals surface area (Å²) in [4.78, 5) is 2.42. The molecular formula is C25H31Br2N. The third-order valence-corrected chi connectivity index (χ3v) is 7.54. The SMILES string of the molecule is C[C@H]1CC=C1N(c1ccc(C(C)(C)C)cc1)c1cc(C(C)(C)C)cc(Br)c1Br. The molecular weight excluding hydrogens is 474 g/mol. The summed E-state index contributed by atoms with van der Waals surface area (Å²) in [6.07, 6.45) is 3.50. The highest BCUT2D eigenvalue weighted by atomic mass is 79.9. The molecule has 0 radical (unpaired) electrons. The highest BCUT2D eigenvalue weighted by Gasteiger charge is 2.28. The molecule has 1 nitrogen and oxygen atoms in total. The van der Waals surface area contributed by atoms with Gasteiger partial charge in [0.1, 0.15) is 0 Å². The second-order valence-electron chi connectivity index (χ2n) is 9.94. The van der Waals surface area contributed by atoms with E-state index in [1.165, 1.54) is 28.2 Å². The van der Waals surface area contributed by atoms with E-state index in [1.807, 2.05) is 0 Å². The Hall–Kier alpha value is -1.06. The van der Waals surface area contributed by atoms with Crippen molar-refractivity contribution in [2.75, 3.05) is 4.90 Å². The van der Waals surface area contributed by atoms with E-state index in [-0.39, 0.29) is 10.8 Å². The number of nitrogens with zero attached hydrogens (tertiary/aromatic N) is 1. The quantitative estimate of drug-likeness (QED) is 0.403. The van der Waals surface area contributed by atoms with E-state index in [1.54, 1.807) is 0 Å². The third kappa shape index (κ3) is 4.26. The second kappa shape index (κ2) is 7.65. The summed E-state index contributed by atoms with van der Waals surface area (Å²) in [6, 6.07) is 13.6.